The molecule has 0 saturated heterocycles. The smallest absolute Gasteiger partial charge is 0.258 e. The van der Waals surface area contributed by atoms with E-state index in [1.165, 1.54) is 24.9 Å². The summed E-state index contributed by atoms with van der Waals surface area (Å²) in [6, 6.07) is 5.76. The molecule has 0 spiro atoms. The molecule has 4 rings (SSSR count). The summed E-state index contributed by atoms with van der Waals surface area (Å²) in [5.74, 6) is -0.525. The Morgan fingerprint density at radius 2 is 1.85 bits per heavy atom. The first-order valence-corrected chi connectivity index (χ1v) is 9.03. The van der Waals surface area contributed by atoms with Crippen LogP contribution in [0, 0.1) is 5.82 Å². The Kier molecular flexibility index (Phi) is 4.91. The summed E-state index contributed by atoms with van der Waals surface area (Å²) in [7, 11) is 0. The van der Waals surface area contributed by atoms with Crippen LogP contribution in [0.1, 0.15) is 42.5 Å². The third kappa shape index (κ3) is 4.02. The van der Waals surface area contributed by atoms with E-state index < -0.39 is 11.7 Å². The number of nitrogens with one attached hydrogen (secondary N) is 1. The minimum absolute atomic E-state index is 0.129. The molecule has 138 valence electrons. The van der Waals surface area contributed by atoms with E-state index in [-0.39, 0.29) is 11.7 Å². The fourth-order valence-corrected chi connectivity index (χ4v) is 3.32. The van der Waals surface area contributed by atoms with E-state index in [1.807, 2.05) is 0 Å². The Hall–Kier alpha value is -3.09. The second-order valence-corrected chi connectivity index (χ2v) is 6.59. The number of hydrogen-bond acceptors (Lipinski definition) is 5. The van der Waals surface area contributed by atoms with Crippen molar-refractivity contribution in [2.24, 2.45) is 0 Å². The summed E-state index contributed by atoms with van der Waals surface area (Å²) in [4.78, 5) is 25.1. The zero-order valence-electron chi connectivity index (χ0n) is 14.7. The molecule has 1 aliphatic carbocycles. The molecule has 0 radical (unpaired) electrons. The average Bonchev–Trinajstić information content (AvgIpc) is 2.68. The fraction of sp³-hybridized carbons (Fsp3) is 0.300. The van der Waals surface area contributed by atoms with Crippen LogP contribution < -0.4 is 10.1 Å². The number of halogens is 1. The number of pyridine rings is 1. The Morgan fingerprint density at radius 1 is 1.04 bits per heavy atom. The van der Waals surface area contributed by atoms with Crippen LogP contribution in [0.25, 0.3) is 11.0 Å². The van der Waals surface area contributed by atoms with E-state index in [0.717, 1.165) is 31.7 Å². The van der Waals surface area contributed by atoms with E-state index in [1.54, 1.807) is 18.3 Å². The van der Waals surface area contributed by atoms with Crippen molar-refractivity contribution in [3.05, 3.63) is 54.2 Å². The number of rotatable bonds is 4. The van der Waals surface area contributed by atoms with Gasteiger partial charge >= 0.3 is 0 Å². The van der Waals surface area contributed by atoms with Gasteiger partial charge in [-0.2, -0.15) is 0 Å². The molecule has 1 N–H and O–H groups in total. The number of anilines is 1. The van der Waals surface area contributed by atoms with Crippen molar-refractivity contribution in [3.8, 4) is 5.88 Å². The predicted molar refractivity (Wildman–Crippen MR) is 99.2 cm³/mol. The number of hydrogen-bond donors (Lipinski definition) is 1. The summed E-state index contributed by atoms with van der Waals surface area (Å²) < 4.78 is 19.8. The SMILES string of the molecule is O=C(Nc1ccnc(OC2CCCCC2)c1)c1cc(F)cc2nccnc12. The number of carbonyl (C=O) groups is 1. The van der Waals surface area contributed by atoms with Crippen molar-refractivity contribution in [2.45, 2.75) is 38.2 Å². The molecule has 6 nitrogen and oxygen atoms in total. The molecule has 27 heavy (non-hydrogen) atoms. The lowest BCUT2D eigenvalue weighted by molar-refractivity contribution is 0.102. The van der Waals surface area contributed by atoms with Crippen molar-refractivity contribution in [1.82, 2.24) is 15.0 Å². The lowest BCUT2D eigenvalue weighted by Gasteiger charge is -2.22. The van der Waals surface area contributed by atoms with E-state index >= 15 is 0 Å². The predicted octanol–water partition coefficient (Wildman–Crippen LogP) is 4.13. The minimum atomic E-state index is -0.538. The maximum absolute atomic E-state index is 13.8. The number of aromatic nitrogens is 3. The Bertz CT molecular complexity index is 973. The van der Waals surface area contributed by atoms with Gasteiger partial charge in [-0.3, -0.25) is 14.8 Å². The first kappa shape index (κ1) is 17.3. The monoisotopic (exact) mass is 366 g/mol. The molecule has 1 aromatic carbocycles. The second kappa shape index (κ2) is 7.65. The van der Waals surface area contributed by atoms with Crippen LogP contribution in [0.15, 0.2) is 42.9 Å². The van der Waals surface area contributed by atoms with Gasteiger partial charge in [-0.25, -0.2) is 9.37 Å². The number of nitrogens with zero attached hydrogens (tertiary/aromatic N) is 3. The number of ether oxygens (including phenoxy) is 1. The molecule has 0 unspecified atom stereocenters. The quantitative estimate of drug-likeness (QED) is 0.751. The number of benzene rings is 1. The van der Waals surface area contributed by atoms with Crippen LogP contribution >= 0.6 is 0 Å². The third-order valence-corrected chi connectivity index (χ3v) is 4.62. The van der Waals surface area contributed by atoms with E-state index in [4.69, 9.17) is 4.74 Å². The van der Waals surface area contributed by atoms with Gasteiger partial charge in [-0.15, -0.1) is 0 Å². The number of amides is 1. The van der Waals surface area contributed by atoms with Crippen LogP contribution in [0.4, 0.5) is 10.1 Å². The summed E-state index contributed by atoms with van der Waals surface area (Å²) in [5.41, 5.74) is 1.34. The first-order valence-electron chi connectivity index (χ1n) is 9.03. The molecular formula is C20H19FN4O2. The fourth-order valence-electron chi connectivity index (χ4n) is 3.32. The van der Waals surface area contributed by atoms with Crippen LogP contribution in [-0.4, -0.2) is 27.0 Å². The lowest BCUT2D eigenvalue weighted by atomic mass is 9.98. The number of fused-ring (bicyclic) bond motifs is 1. The molecule has 0 bridgehead atoms. The molecule has 1 saturated carbocycles. The first-order chi connectivity index (χ1) is 13.2. The molecule has 2 aromatic heterocycles. The zero-order chi connectivity index (χ0) is 18.6. The summed E-state index contributed by atoms with van der Waals surface area (Å²) >= 11 is 0. The van der Waals surface area contributed by atoms with Gasteiger partial charge in [0.05, 0.1) is 11.1 Å². The molecule has 1 amide bonds. The van der Waals surface area contributed by atoms with Gasteiger partial charge < -0.3 is 10.1 Å². The highest BCUT2D eigenvalue weighted by Crippen LogP contribution is 2.24. The highest BCUT2D eigenvalue weighted by Gasteiger charge is 2.17. The summed E-state index contributed by atoms with van der Waals surface area (Å²) in [6.45, 7) is 0. The molecular weight excluding hydrogens is 347 g/mol. The molecule has 1 aliphatic rings. The molecule has 1 fully saturated rings. The van der Waals surface area contributed by atoms with Gasteiger partial charge in [-0.1, -0.05) is 6.42 Å². The third-order valence-electron chi connectivity index (χ3n) is 4.62. The van der Waals surface area contributed by atoms with Gasteiger partial charge in [0, 0.05) is 36.4 Å². The van der Waals surface area contributed by atoms with E-state index in [2.05, 4.69) is 20.3 Å². The standard InChI is InChI=1S/C20H19FN4O2/c21-13-10-16(19-17(11-13)22-8-9-24-19)20(26)25-14-6-7-23-18(12-14)27-15-4-2-1-3-5-15/h6-12,15H,1-5H2,(H,23,25,26). The maximum Gasteiger partial charge on any atom is 0.258 e. The van der Waals surface area contributed by atoms with Crippen molar-refractivity contribution >= 4 is 22.6 Å². The van der Waals surface area contributed by atoms with Crippen LogP contribution in [0.2, 0.25) is 0 Å². The van der Waals surface area contributed by atoms with Gasteiger partial charge in [0.2, 0.25) is 5.88 Å². The highest BCUT2D eigenvalue weighted by molar-refractivity contribution is 6.11. The summed E-state index contributed by atoms with van der Waals surface area (Å²) in [5, 5.41) is 2.76. The average molecular weight is 366 g/mol. The van der Waals surface area contributed by atoms with E-state index in [9.17, 15) is 9.18 Å². The normalized spacial score (nSPS) is 14.9. The van der Waals surface area contributed by atoms with Gasteiger partial charge in [0.15, 0.2) is 0 Å². The van der Waals surface area contributed by atoms with Gasteiger partial charge in [-0.05, 0) is 37.8 Å². The molecule has 3 aromatic rings. The maximum atomic E-state index is 13.8. The highest BCUT2D eigenvalue weighted by atomic mass is 19.1. The summed E-state index contributed by atoms with van der Waals surface area (Å²) in [6.07, 6.45) is 10.3. The van der Waals surface area contributed by atoms with Crippen LogP contribution in [0.3, 0.4) is 0 Å². The van der Waals surface area contributed by atoms with Gasteiger partial charge in [0.25, 0.3) is 5.91 Å². The molecule has 0 atom stereocenters. The molecule has 2 heterocycles. The topological polar surface area (TPSA) is 77.0 Å². The van der Waals surface area contributed by atoms with Crippen molar-refractivity contribution in [1.29, 1.82) is 0 Å². The van der Waals surface area contributed by atoms with Gasteiger partial charge in [0.1, 0.15) is 17.4 Å². The number of carbonyl (C=O) groups excluding carboxylic acids is 1. The van der Waals surface area contributed by atoms with Crippen molar-refractivity contribution < 1.29 is 13.9 Å². The lowest BCUT2D eigenvalue weighted by Crippen LogP contribution is -2.20. The van der Waals surface area contributed by atoms with Crippen LogP contribution in [-0.2, 0) is 0 Å². The van der Waals surface area contributed by atoms with Crippen LogP contribution in [0.5, 0.6) is 5.88 Å². The van der Waals surface area contributed by atoms with Crippen molar-refractivity contribution in [3.63, 3.8) is 0 Å². The van der Waals surface area contributed by atoms with Crippen molar-refractivity contribution in [2.75, 3.05) is 5.32 Å². The Labute approximate surface area is 155 Å². The molecule has 0 aliphatic heterocycles. The van der Waals surface area contributed by atoms with E-state index in [0.29, 0.717) is 22.6 Å². The second-order valence-electron chi connectivity index (χ2n) is 6.59. The Balaban J connectivity index is 1.54. The largest absolute Gasteiger partial charge is 0.474 e. The molecule has 7 heteroatoms. The minimum Gasteiger partial charge on any atom is -0.474 e. The zero-order valence-corrected chi connectivity index (χ0v) is 14.7. The Morgan fingerprint density at radius 3 is 2.70 bits per heavy atom.